The zero-order valence-corrected chi connectivity index (χ0v) is 18.8. The molecule has 33 heavy (non-hydrogen) atoms. The smallest absolute Gasteiger partial charge is 0.253 e. The van der Waals surface area contributed by atoms with Crippen molar-refractivity contribution in [3.63, 3.8) is 0 Å². The summed E-state index contributed by atoms with van der Waals surface area (Å²) in [6.45, 7) is 7.40. The van der Waals surface area contributed by atoms with Crippen LogP contribution < -0.4 is 9.80 Å². The highest BCUT2D eigenvalue weighted by atomic mass is 16.3. The van der Waals surface area contributed by atoms with Gasteiger partial charge < -0.3 is 19.8 Å². The van der Waals surface area contributed by atoms with Crippen LogP contribution in [0.1, 0.15) is 10.4 Å². The summed E-state index contributed by atoms with van der Waals surface area (Å²) in [6.07, 6.45) is 0. The molecule has 0 atom stereocenters. The van der Waals surface area contributed by atoms with Gasteiger partial charge in [-0.25, -0.2) is 0 Å². The zero-order chi connectivity index (χ0) is 22.6. The van der Waals surface area contributed by atoms with Crippen LogP contribution in [0.2, 0.25) is 0 Å². The Bertz CT molecular complexity index is 1090. The molecule has 8 heteroatoms. The molecule has 2 aliphatic heterocycles. The molecule has 8 nitrogen and oxygen atoms in total. The van der Waals surface area contributed by atoms with Crippen LogP contribution in [-0.4, -0.2) is 96.5 Å². The molecule has 0 unspecified atom stereocenters. The van der Waals surface area contributed by atoms with E-state index in [1.165, 1.54) is 0 Å². The van der Waals surface area contributed by atoms with Gasteiger partial charge in [-0.3, -0.25) is 9.69 Å². The van der Waals surface area contributed by atoms with E-state index in [0.717, 1.165) is 73.8 Å². The van der Waals surface area contributed by atoms with Crippen molar-refractivity contribution in [1.29, 1.82) is 0 Å². The number of hydrogen-bond donors (Lipinski definition) is 1. The fourth-order valence-corrected chi connectivity index (χ4v) is 4.64. The number of aliphatic hydroxyl groups excluding tert-OH is 1. The van der Waals surface area contributed by atoms with Crippen LogP contribution in [0, 0.1) is 0 Å². The van der Waals surface area contributed by atoms with Crippen LogP contribution in [0.4, 0.5) is 11.6 Å². The molecule has 2 fully saturated rings. The number of anilines is 2. The molecule has 172 valence electrons. The lowest BCUT2D eigenvalue weighted by Gasteiger charge is -2.36. The van der Waals surface area contributed by atoms with E-state index in [4.69, 9.17) is 5.11 Å². The van der Waals surface area contributed by atoms with E-state index in [1.54, 1.807) is 0 Å². The summed E-state index contributed by atoms with van der Waals surface area (Å²) in [6, 6.07) is 18.1. The lowest BCUT2D eigenvalue weighted by molar-refractivity contribution is 0.0746. The average molecular weight is 447 g/mol. The third kappa shape index (κ3) is 4.77. The van der Waals surface area contributed by atoms with Crippen molar-refractivity contribution >= 4 is 28.3 Å². The van der Waals surface area contributed by atoms with Gasteiger partial charge in [0.25, 0.3) is 5.91 Å². The molecule has 3 aromatic rings. The van der Waals surface area contributed by atoms with Crippen LogP contribution >= 0.6 is 0 Å². The maximum absolute atomic E-state index is 13.0. The number of β-amino-alcohol motifs (C(OH)–C–C–N with tert-alkyl or cyclic N) is 1. The highest BCUT2D eigenvalue weighted by Gasteiger charge is 2.24. The first-order valence-electron chi connectivity index (χ1n) is 11.7. The fourth-order valence-electron chi connectivity index (χ4n) is 4.64. The van der Waals surface area contributed by atoms with Crippen molar-refractivity contribution in [3.05, 3.63) is 60.2 Å². The Morgan fingerprint density at radius 2 is 1.36 bits per heavy atom. The Morgan fingerprint density at radius 3 is 1.97 bits per heavy atom. The minimum atomic E-state index is 0.0853. The number of fused-ring (bicyclic) bond motifs is 1. The zero-order valence-electron chi connectivity index (χ0n) is 18.8. The number of carbonyl (C=O) groups excluding carboxylic acids is 1. The molecule has 0 bridgehead atoms. The van der Waals surface area contributed by atoms with Crippen LogP contribution in [0.25, 0.3) is 10.8 Å². The molecule has 0 aliphatic carbocycles. The quantitative estimate of drug-likeness (QED) is 0.639. The van der Waals surface area contributed by atoms with E-state index in [-0.39, 0.29) is 12.5 Å². The van der Waals surface area contributed by atoms with Gasteiger partial charge in [-0.2, -0.15) is 0 Å². The summed E-state index contributed by atoms with van der Waals surface area (Å²) in [5.41, 5.74) is 0.741. The van der Waals surface area contributed by atoms with Gasteiger partial charge in [-0.1, -0.05) is 30.3 Å². The average Bonchev–Trinajstić information content (AvgIpc) is 2.89. The molecule has 5 rings (SSSR count). The minimum absolute atomic E-state index is 0.0853. The van der Waals surface area contributed by atoms with Crippen LogP contribution in [0.3, 0.4) is 0 Å². The summed E-state index contributed by atoms with van der Waals surface area (Å²) < 4.78 is 0. The maximum Gasteiger partial charge on any atom is 0.253 e. The molecular weight excluding hydrogens is 416 g/mol. The lowest BCUT2D eigenvalue weighted by Crippen LogP contribution is -2.49. The first-order chi connectivity index (χ1) is 16.2. The Labute approximate surface area is 194 Å². The largest absolute Gasteiger partial charge is 0.395 e. The van der Waals surface area contributed by atoms with E-state index in [2.05, 4.69) is 31.0 Å². The number of rotatable bonds is 5. The number of aliphatic hydroxyl groups is 1. The number of carbonyl (C=O) groups is 1. The second-order valence-corrected chi connectivity index (χ2v) is 8.64. The lowest BCUT2D eigenvalue weighted by atomic mass is 10.1. The second kappa shape index (κ2) is 9.72. The fraction of sp³-hybridized carbons (Fsp3) is 0.400. The van der Waals surface area contributed by atoms with Crippen LogP contribution in [0.5, 0.6) is 0 Å². The molecular formula is C25H30N6O2. The maximum atomic E-state index is 13.0. The summed E-state index contributed by atoms with van der Waals surface area (Å²) in [7, 11) is 0. The molecule has 0 spiro atoms. The van der Waals surface area contributed by atoms with Gasteiger partial charge in [0, 0.05) is 64.5 Å². The summed E-state index contributed by atoms with van der Waals surface area (Å²) in [5, 5.41) is 20.3. The van der Waals surface area contributed by atoms with Crippen molar-refractivity contribution in [1.82, 2.24) is 20.0 Å². The van der Waals surface area contributed by atoms with Crippen molar-refractivity contribution in [2.45, 2.75) is 0 Å². The Balaban J connectivity index is 1.16. The topological polar surface area (TPSA) is 76.0 Å². The van der Waals surface area contributed by atoms with Gasteiger partial charge in [0.05, 0.1) is 6.61 Å². The number of piperazine rings is 2. The van der Waals surface area contributed by atoms with E-state index in [0.29, 0.717) is 13.1 Å². The van der Waals surface area contributed by atoms with E-state index >= 15 is 0 Å². The summed E-state index contributed by atoms with van der Waals surface area (Å²) in [5.74, 6) is 1.84. The predicted molar refractivity (Wildman–Crippen MR) is 130 cm³/mol. The third-order valence-corrected chi connectivity index (χ3v) is 6.64. The first-order valence-corrected chi connectivity index (χ1v) is 11.7. The highest BCUT2D eigenvalue weighted by Crippen LogP contribution is 2.20. The summed E-state index contributed by atoms with van der Waals surface area (Å²) in [4.78, 5) is 21.6. The highest BCUT2D eigenvalue weighted by molar-refractivity contribution is 5.98. The molecule has 0 radical (unpaired) electrons. The van der Waals surface area contributed by atoms with Crippen molar-refractivity contribution in [2.24, 2.45) is 0 Å². The number of aromatic nitrogens is 2. The van der Waals surface area contributed by atoms with Crippen molar-refractivity contribution < 1.29 is 9.90 Å². The van der Waals surface area contributed by atoms with Crippen LogP contribution in [0.15, 0.2) is 54.6 Å². The van der Waals surface area contributed by atoms with Gasteiger partial charge >= 0.3 is 0 Å². The number of hydrogen-bond acceptors (Lipinski definition) is 7. The van der Waals surface area contributed by atoms with Gasteiger partial charge in [0.15, 0.2) is 11.6 Å². The van der Waals surface area contributed by atoms with Crippen molar-refractivity contribution in [2.75, 3.05) is 75.3 Å². The Kier molecular flexibility index (Phi) is 6.37. The van der Waals surface area contributed by atoms with Gasteiger partial charge in [0.1, 0.15) is 0 Å². The molecule has 3 heterocycles. The molecule has 1 aromatic heterocycles. The minimum Gasteiger partial charge on any atom is -0.395 e. The third-order valence-electron chi connectivity index (χ3n) is 6.64. The molecule has 2 aromatic carbocycles. The molecule has 2 saturated heterocycles. The second-order valence-electron chi connectivity index (χ2n) is 8.64. The molecule has 1 N–H and O–H groups in total. The number of amides is 1. The Morgan fingerprint density at radius 1 is 0.758 bits per heavy atom. The van der Waals surface area contributed by atoms with Gasteiger partial charge in [-0.15, -0.1) is 10.2 Å². The van der Waals surface area contributed by atoms with Crippen molar-refractivity contribution in [3.8, 4) is 0 Å². The summed E-state index contributed by atoms with van der Waals surface area (Å²) >= 11 is 0. The Hall–Kier alpha value is -3.23. The predicted octanol–water partition coefficient (Wildman–Crippen LogP) is 1.71. The van der Waals surface area contributed by atoms with Gasteiger partial charge in [-0.05, 0) is 35.0 Å². The molecule has 0 saturated carbocycles. The monoisotopic (exact) mass is 446 g/mol. The standard InChI is InChI=1S/C25H30N6O2/c32-18-17-28-9-11-29(12-10-28)23-7-8-24(27-26-23)30-13-15-31(16-14-30)25(33)22-6-5-20-3-1-2-4-21(20)19-22/h1-8,19,32H,9-18H2. The van der Waals surface area contributed by atoms with Gasteiger partial charge in [0.2, 0.25) is 0 Å². The molecule has 1 amide bonds. The van der Waals surface area contributed by atoms with E-state index in [1.807, 2.05) is 53.4 Å². The van der Waals surface area contributed by atoms with Crippen LogP contribution in [-0.2, 0) is 0 Å². The van der Waals surface area contributed by atoms with E-state index in [9.17, 15) is 4.79 Å². The molecule has 2 aliphatic rings. The normalized spacial score (nSPS) is 17.5. The number of benzene rings is 2. The first kappa shape index (κ1) is 21.6. The SMILES string of the molecule is O=C(c1ccc2ccccc2c1)N1CCN(c2ccc(N3CCN(CCO)CC3)nn2)CC1. The van der Waals surface area contributed by atoms with E-state index < -0.39 is 0 Å². The number of nitrogens with zero attached hydrogens (tertiary/aromatic N) is 6.